The van der Waals surface area contributed by atoms with Crippen molar-refractivity contribution in [2.75, 3.05) is 39.9 Å². The number of methoxy groups -OCH3 is 1. The molecular formula is C17H26N2O2S. The molecule has 0 spiro atoms. The number of rotatable bonds is 6. The first kappa shape index (κ1) is 16.1. The van der Waals surface area contributed by atoms with Crippen LogP contribution < -0.4 is 0 Å². The Bertz CT molecular complexity index is 517. The van der Waals surface area contributed by atoms with Gasteiger partial charge < -0.3 is 4.74 Å². The Morgan fingerprint density at radius 2 is 2.23 bits per heavy atom. The topological polar surface area (TPSA) is 32.8 Å². The van der Waals surface area contributed by atoms with E-state index in [0.29, 0.717) is 6.04 Å². The summed E-state index contributed by atoms with van der Waals surface area (Å²) in [6, 6.07) is 2.74. The van der Waals surface area contributed by atoms with E-state index < -0.39 is 0 Å². The maximum atomic E-state index is 11.4. The fraction of sp³-hybridized carbons (Fsp3) is 0.706. The number of ether oxygens (including phenoxy) is 1. The number of ketones is 1. The second-order valence-electron chi connectivity index (χ2n) is 6.65. The minimum atomic E-state index is 0.179. The normalized spacial score (nSPS) is 26.3. The first-order valence-corrected chi connectivity index (χ1v) is 9.07. The van der Waals surface area contributed by atoms with Crippen LogP contribution in [0.4, 0.5) is 0 Å². The monoisotopic (exact) mass is 322 g/mol. The molecule has 3 aliphatic rings. The van der Waals surface area contributed by atoms with Gasteiger partial charge in [0.15, 0.2) is 5.78 Å². The van der Waals surface area contributed by atoms with Gasteiger partial charge in [0, 0.05) is 45.9 Å². The molecule has 22 heavy (non-hydrogen) atoms. The lowest BCUT2D eigenvalue weighted by molar-refractivity contribution is 0.0867. The van der Waals surface area contributed by atoms with Gasteiger partial charge in [-0.2, -0.15) is 0 Å². The molecule has 1 aromatic rings. The number of piperidine rings is 1. The Labute approximate surface area is 137 Å². The third kappa shape index (κ3) is 3.77. The quantitative estimate of drug-likeness (QED) is 0.754. The van der Waals surface area contributed by atoms with Crippen molar-refractivity contribution in [1.29, 1.82) is 0 Å². The zero-order valence-electron chi connectivity index (χ0n) is 13.6. The van der Waals surface area contributed by atoms with Crippen LogP contribution in [0.5, 0.6) is 0 Å². The summed E-state index contributed by atoms with van der Waals surface area (Å²) in [5.74, 6) is 0.958. The summed E-state index contributed by atoms with van der Waals surface area (Å²) in [6.45, 7) is 8.06. The highest BCUT2D eigenvalue weighted by atomic mass is 32.1. The molecule has 0 amide bonds. The highest BCUT2D eigenvalue weighted by Gasteiger charge is 2.34. The van der Waals surface area contributed by atoms with Gasteiger partial charge in [0.25, 0.3) is 0 Å². The van der Waals surface area contributed by atoms with Crippen LogP contribution in [0.1, 0.15) is 35.0 Å². The maximum Gasteiger partial charge on any atom is 0.169 e. The molecule has 122 valence electrons. The molecule has 0 unspecified atom stereocenters. The van der Waals surface area contributed by atoms with Gasteiger partial charge in [-0.1, -0.05) is 0 Å². The van der Waals surface area contributed by atoms with Crippen molar-refractivity contribution >= 4 is 17.1 Å². The molecule has 2 bridgehead atoms. The van der Waals surface area contributed by atoms with Crippen LogP contribution in [-0.4, -0.2) is 61.5 Å². The molecule has 4 nitrogen and oxygen atoms in total. The SMILES string of the molecule is COCCN1C[C@H]2CC[C@@H]1CN(Cc1csc(C(C)=O)c1)C2. The number of thiophene rings is 1. The average Bonchev–Trinajstić information content (AvgIpc) is 2.79. The minimum Gasteiger partial charge on any atom is -0.383 e. The second-order valence-corrected chi connectivity index (χ2v) is 7.57. The first-order valence-electron chi connectivity index (χ1n) is 8.19. The molecular weight excluding hydrogens is 296 g/mol. The molecule has 2 atom stereocenters. The fourth-order valence-corrected chi connectivity index (χ4v) is 4.60. The van der Waals surface area contributed by atoms with Crippen molar-refractivity contribution in [2.24, 2.45) is 5.92 Å². The van der Waals surface area contributed by atoms with E-state index >= 15 is 0 Å². The molecule has 0 saturated carbocycles. The summed E-state index contributed by atoms with van der Waals surface area (Å²) in [7, 11) is 1.78. The molecule has 1 aromatic heterocycles. The minimum absolute atomic E-state index is 0.179. The van der Waals surface area contributed by atoms with Crippen LogP contribution in [0.3, 0.4) is 0 Å². The van der Waals surface area contributed by atoms with Gasteiger partial charge in [-0.25, -0.2) is 0 Å². The average molecular weight is 322 g/mol. The van der Waals surface area contributed by atoms with E-state index in [1.165, 1.54) is 31.5 Å². The second kappa shape index (κ2) is 7.21. The Morgan fingerprint density at radius 3 is 2.95 bits per heavy atom. The van der Waals surface area contributed by atoms with Crippen LogP contribution in [0.25, 0.3) is 0 Å². The van der Waals surface area contributed by atoms with Crippen molar-refractivity contribution in [2.45, 2.75) is 32.4 Å². The molecule has 3 fully saturated rings. The van der Waals surface area contributed by atoms with Crippen molar-refractivity contribution in [3.05, 3.63) is 21.9 Å². The maximum absolute atomic E-state index is 11.4. The molecule has 5 heteroatoms. The zero-order chi connectivity index (χ0) is 15.5. The number of hydrogen-bond acceptors (Lipinski definition) is 5. The van der Waals surface area contributed by atoms with Crippen LogP contribution >= 0.6 is 11.3 Å². The van der Waals surface area contributed by atoms with Crippen molar-refractivity contribution in [3.63, 3.8) is 0 Å². The summed E-state index contributed by atoms with van der Waals surface area (Å²) in [4.78, 5) is 17.5. The molecule has 0 aliphatic carbocycles. The van der Waals surface area contributed by atoms with E-state index in [-0.39, 0.29) is 5.78 Å². The van der Waals surface area contributed by atoms with Gasteiger partial charge in [-0.15, -0.1) is 11.3 Å². The van der Waals surface area contributed by atoms with Gasteiger partial charge in [0.1, 0.15) is 0 Å². The van der Waals surface area contributed by atoms with Crippen LogP contribution in [0.15, 0.2) is 11.4 Å². The van der Waals surface area contributed by atoms with E-state index in [0.717, 1.165) is 37.0 Å². The van der Waals surface area contributed by atoms with E-state index in [1.54, 1.807) is 25.4 Å². The number of Topliss-reactive ketones (excluding diaryl/α,β-unsaturated/α-hetero) is 1. The predicted octanol–water partition coefficient (Wildman–Crippen LogP) is 2.49. The third-order valence-corrected chi connectivity index (χ3v) is 5.97. The Balaban J connectivity index is 1.62. The number of hydrogen-bond donors (Lipinski definition) is 0. The van der Waals surface area contributed by atoms with E-state index in [9.17, 15) is 4.79 Å². The number of carbonyl (C=O) groups is 1. The zero-order valence-corrected chi connectivity index (χ0v) is 14.4. The highest BCUT2D eigenvalue weighted by Crippen LogP contribution is 2.29. The van der Waals surface area contributed by atoms with Crippen LogP contribution in [0, 0.1) is 5.92 Å². The van der Waals surface area contributed by atoms with E-state index in [1.807, 2.05) is 0 Å². The summed E-state index contributed by atoms with van der Waals surface area (Å²) < 4.78 is 5.25. The van der Waals surface area contributed by atoms with Crippen LogP contribution in [-0.2, 0) is 11.3 Å². The number of fused-ring (bicyclic) bond motifs is 4. The van der Waals surface area contributed by atoms with Crippen LogP contribution in [0.2, 0.25) is 0 Å². The summed E-state index contributed by atoms with van der Waals surface area (Å²) in [6.07, 6.45) is 2.67. The first-order chi connectivity index (χ1) is 10.7. The third-order valence-electron chi connectivity index (χ3n) is 4.89. The standard InChI is InChI=1S/C17H26N2O2S/c1-13(20)17-7-15(12-22-17)9-18-8-14-3-4-16(11-18)19(10-14)5-6-21-2/h7,12,14,16H,3-6,8-11H2,1-2H3/t14-,16+/m0/s1. The van der Waals surface area contributed by atoms with E-state index in [4.69, 9.17) is 4.74 Å². The summed E-state index contributed by atoms with van der Waals surface area (Å²) in [5.41, 5.74) is 1.29. The lowest BCUT2D eigenvalue weighted by atomic mass is 9.95. The van der Waals surface area contributed by atoms with Crippen molar-refractivity contribution in [1.82, 2.24) is 9.80 Å². The molecule has 4 rings (SSSR count). The molecule has 4 heterocycles. The number of nitrogens with zero attached hydrogens (tertiary/aromatic N) is 2. The van der Waals surface area contributed by atoms with Gasteiger partial charge in [-0.05, 0) is 42.7 Å². The lowest BCUT2D eigenvalue weighted by Gasteiger charge is -2.35. The highest BCUT2D eigenvalue weighted by molar-refractivity contribution is 7.12. The number of carbonyl (C=O) groups excluding carboxylic acids is 1. The van der Waals surface area contributed by atoms with Crippen molar-refractivity contribution in [3.8, 4) is 0 Å². The Morgan fingerprint density at radius 1 is 1.36 bits per heavy atom. The van der Waals surface area contributed by atoms with E-state index in [2.05, 4.69) is 21.2 Å². The Hall–Kier alpha value is -0.750. The summed E-state index contributed by atoms with van der Waals surface area (Å²) >= 11 is 1.58. The van der Waals surface area contributed by atoms with Gasteiger partial charge in [0.05, 0.1) is 11.5 Å². The largest absolute Gasteiger partial charge is 0.383 e. The molecule has 3 aliphatic heterocycles. The van der Waals surface area contributed by atoms with Gasteiger partial charge >= 0.3 is 0 Å². The molecule has 0 radical (unpaired) electrons. The Kier molecular flexibility index (Phi) is 5.29. The van der Waals surface area contributed by atoms with Gasteiger partial charge in [-0.3, -0.25) is 14.6 Å². The molecule has 3 saturated heterocycles. The predicted molar refractivity (Wildman–Crippen MR) is 89.6 cm³/mol. The fourth-order valence-electron chi connectivity index (χ4n) is 3.79. The molecule has 0 N–H and O–H groups in total. The summed E-state index contributed by atoms with van der Waals surface area (Å²) in [5, 5.41) is 2.15. The lowest BCUT2D eigenvalue weighted by Crippen LogP contribution is -2.45. The van der Waals surface area contributed by atoms with Gasteiger partial charge in [0.2, 0.25) is 0 Å². The smallest absolute Gasteiger partial charge is 0.169 e. The molecule has 0 aromatic carbocycles. The van der Waals surface area contributed by atoms with Crippen molar-refractivity contribution < 1.29 is 9.53 Å².